The van der Waals surface area contributed by atoms with Gasteiger partial charge in [-0.3, -0.25) is 0 Å². The summed E-state index contributed by atoms with van der Waals surface area (Å²) in [5, 5.41) is 8.78. The van der Waals surface area contributed by atoms with Gasteiger partial charge in [-0.15, -0.1) is 0 Å². The molecule has 1 heterocycles. The monoisotopic (exact) mass is 403 g/mol. The molecule has 1 rings (SSSR count). The Bertz CT molecular complexity index is 623. The summed E-state index contributed by atoms with van der Waals surface area (Å²) in [6, 6.07) is -1.46. The minimum absolute atomic E-state index is 0.0182. The van der Waals surface area contributed by atoms with Gasteiger partial charge in [0, 0.05) is 26.4 Å². The molecule has 0 spiro atoms. The quantitative estimate of drug-likeness (QED) is 0.362. The minimum Gasteiger partial charge on any atom is -0.741 e. The van der Waals surface area contributed by atoms with E-state index in [0.717, 1.165) is 4.88 Å². The van der Waals surface area contributed by atoms with Gasteiger partial charge in [0.25, 0.3) is 6.04 Å². The van der Waals surface area contributed by atoms with Crippen molar-refractivity contribution in [1.29, 1.82) is 0 Å². The van der Waals surface area contributed by atoms with Gasteiger partial charge in [0.1, 0.15) is 0 Å². The molecule has 24 heavy (non-hydrogen) atoms. The van der Waals surface area contributed by atoms with E-state index in [4.69, 9.17) is 18.1 Å². The molecule has 0 aliphatic heterocycles. The van der Waals surface area contributed by atoms with Crippen LogP contribution in [0.25, 0.3) is 0 Å². The van der Waals surface area contributed by atoms with Crippen LogP contribution in [0.3, 0.4) is 0 Å². The third kappa shape index (κ3) is 6.53. The average Bonchev–Trinajstić information content (AvgIpc) is 2.70. The first-order valence-electron chi connectivity index (χ1n) is 6.34. The Morgan fingerprint density at radius 1 is 1.29 bits per heavy atom. The van der Waals surface area contributed by atoms with Crippen LogP contribution in [0.1, 0.15) is 30.0 Å². The zero-order valence-electron chi connectivity index (χ0n) is 12.5. The predicted molar refractivity (Wildman–Crippen MR) is 71.2 cm³/mol. The number of alkyl halides is 6. The first-order valence-corrected chi connectivity index (χ1v) is 8.63. The standard InChI is InChI=1S/C10H15F3NOS.CHF3O3S/c1-3-9(10(11,12)13)14-6-16-8(4-5-15)7(14)2;2-1(3,4)8(5,6)7/h6,9,15H,3-5H2,1-2H3;(H,5,6,7)/q+1;/p-1. The van der Waals surface area contributed by atoms with Crippen LogP contribution < -0.4 is 4.57 Å². The third-order valence-electron chi connectivity index (χ3n) is 2.82. The lowest BCUT2D eigenvalue weighted by atomic mass is 10.2. The molecule has 142 valence electrons. The molecule has 0 aliphatic rings. The number of nitrogens with zero attached hydrogens (tertiary/aromatic N) is 1. The SMILES string of the molecule is CCC([n+]1csc(CCO)c1C)C(F)(F)F.O=S(=O)([O-])C(F)(F)F. The summed E-state index contributed by atoms with van der Waals surface area (Å²) >= 11 is 1.26. The molecule has 0 radical (unpaired) electrons. The Morgan fingerprint density at radius 2 is 1.75 bits per heavy atom. The van der Waals surface area contributed by atoms with Crippen molar-refractivity contribution in [3.8, 4) is 0 Å². The van der Waals surface area contributed by atoms with Crippen LogP contribution in [0.5, 0.6) is 0 Å². The number of aliphatic hydroxyl groups excluding tert-OH is 1. The number of aliphatic hydroxyl groups is 1. The Morgan fingerprint density at radius 3 is 2.04 bits per heavy atom. The number of rotatable bonds is 4. The van der Waals surface area contributed by atoms with Crippen molar-refractivity contribution < 1.29 is 49.0 Å². The molecular formula is C11H15F6NO4S2. The average molecular weight is 403 g/mol. The fourth-order valence-electron chi connectivity index (χ4n) is 1.66. The second-order valence-electron chi connectivity index (χ2n) is 4.48. The van der Waals surface area contributed by atoms with E-state index in [1.165, 1.54) is 28.3 Å². The molecule has 13 heteroatoms. The topological polar surface area (TPSA) is 81.3 Å². The van der Waals surface area contributed by atoms with Gasteiger partial charge in [0.2, 0.25) is 5.51 Å². The van der Waals surface area contributed by atoms with Crippen LogP contribution in [0.2, 0.25) is 0 Å². The maximum Gasteiger partial charge on any atom is 0.485 e. The van der Waals surface area contributed by atoms with Crippen LogP contribution in [0.15, 0.2) is 5.51 Å². The number of hydrogen-bond acceptors (Lipinski definition) is 5. The van der Waals surface area contributed by atoms with Crippen molar-refractivity contribution in [3.05, 3.63) is 16.1 Å². The molecular weight excluding hydrogens is 388 g/mol. The van der Waals surface area contributed by atoms with E-state index in [1.54, 1.807) is 6.92 Å². The Kier molecular flexibility index (Phi) is 8.12. The van der Waals surface area contributed by atoms with Crippen LogP contribution in [0, 0.1) is 6.92 Å². The number of hydrogen-bond donors (Lipinski definition) is 1. The Balaban J connectivity index is 0.000000561. The molecule has 1 N–H and O–H groups in total. The lowest BCUT2D eigenvalue weighted by Crippen LogP contribution is -2.47. The van der Waals surface area contributed by atoms with Gasteiger partial charge in [-0.1, -0.05) is 18.3 Å². The van der Waals surface area contributed by atoms with Gasteiger partial charge >= 0.3 is 11.7 Å². The Hall–Kier alpha value is -0.920. The van der Waals surface area contributed by atoms with E-state index in [0.29, 0.717) is 12.1 Å². The molecule has 1 unspecified atom stereocenters. The van der Waals surface area contributed by atoms with Crippen molar-refractivity contribution in [2.45, 2.75) is 44.4 Å². The summed E-state index contributed by atoms with van der Waals surface area (Å²) in [5.41, 5.74) is -3.56. The predicted octanol–water partition coefficient (Wildman–Crippen LogP) is 2.44. The van der Waals surface area contributed by atoms with E-state index in [-0.39, 0.29) is 13.0 Å². The zero-order chi connectivity index (χ0) is 19.3. The molecule has 0 bridgehead atoms. The lowest BCUT2D eigenvalue weighted by molar-refractivity contribution is -0.748. The maximum atomic E-state index is 12.7. The largest absolute Gasteiger partial charge is 0.741 e. The molecule has 5 nitrogen and oxygen atoms in total. The second-order valence-corrected chi connectivity index (χ2v) is 6.79. The van der Waals surface area contributed by atoms with E-state index >= 15 is 0 Å². The normalized spacial score (nSPS) is 14.1. The molecule has 0 aliphatic carbocycles. The molecule has 0 aromatic carbocycles. The number of thiazole rings is 1. The fraction of sp³-hybridized carbons (Fsp3) is 0.727. The van der Waals surface area contributed by atoms with Gasteiger partial charge in [0.15, 0.2) is 15.8 Å². The molecule has 1 aromatic rings. The van der Waals surface area contributed by atoms with E-state index < -0.39 is 27.8 Å². The van der Waals surface area contributed by atoms with Crippen molar-refractivity contribution in [2.75, 3.05) is 6.61 Å². The van der Waals surface area contributed by atoms with Crippen molar-refractivity contribution >= 4 is 21.5 Å². The van der Waals surface area contributed by atoms with E-state index in [2.05, 4.69) is 0 Å². The van der Waals surface area contributed by atoms with Gasteiger partial charge in [-0.2, -0.15) is 30.9 Å². The third-order valence-corrected chi connectivity index (χ3v) is 4.51. The summed E-state index contributed by atoms with van der Waals surface area (Å²) in [6.07, 6.45) is -3.79. The molecule has 1 atom stereocenters. The highest BCUT2D eigenvalue weighted by Gasteiger charge is 2.47. The highest BCUT2D eigenvalue weighted by Crippen LogP contribution is 2.30. The Labute approximate surface area is 138 Å². The highest BCUT2D eigenvalue weighted by atomic mass is 32.2. The first kappa shape index (κ1) is 23.1. The van der Waals surface area contributed by atoms with Gasteiger partial charge in [0.05, 0.1) is 4.88 Å². The van der Waals surface area contributed by atoms with Crippen LogP contribution >= 0.6 is 11.3 Å². The highest BCUT2D eigenvalue weighted by molar-refractivity contribution is 7.86. The van der Waals surface area contributed by atoms with Crippen molar-refractivity contribution in [2.24, 2.45) is 0 Å². The number of aromatic nitrogens is 1. The molecule has 0 saturated carbocycles. The summed E-state index contributed by atoms with van der Waals surface area (Å²) in [4.78, 5) is 0.810. The molecule has 1 aromatic heterocycles. The summed E-state index contributed by atoms with van der Waals surface area (Å²) < 4.78 is 98.3. The van der Waals surface area contributed by atoms with Crippen molar-refractivity contribution in [3.63, 3.8) is 0 Å². The molecule has 0 amide bonds. The molecule has 0 saturated heterocycles. The van der Waals surface area contributed by atoms with Gasteiger partial charge in [-0.05, 0) is 0 Å². The number of halogens is 6. The maximum absolute atomic E-state index is 12.7. The minimum atomic E-state index is -6.09. The second kappa shape index (κ2) is 8.45. The van der Waals surface area contributed by atoms with Gasteiger partial charge < -0.3 is 9.66 Å². The van der Waals surface area contributed by atoms with Crippen LogP contribution in [-0.4, -0.2) is 36.4 Å². The first-order chi connectivity index (χ1) is 10.7. The molecule has 0 fully saturated rings. The van der Waals surface area contributed by atoms with Crippen LogP contribution in [0.4, 0.5) is 26.3 Å². The van der Waals surface area contributed by atoms with Crippen molar-refractivity contribution in [1.82, 2.24) is 0 Å². The van der Waals surface area contributed by atoms with E-state index in [1.807, 2.05) is 0 Å². The zero-order valence-corrected chi connectivity index (χ0v) is 14.1. The van der Waals surface area contributed by atoms with E-state index in [9.17, 15) is 26.3 Å². The summed E-state index contributed by atoms with van der Waals surface area (Å²) in [5.74, 6) is 0. The summed E-state index contributed by atoms with van der Waals surface area (Å²) in [6.45, 7) is 3.15. The van der Waals surface area contributed by atoms with Gasteiger partial charge in [-0.25, -0.2) is 8.42 Å². The fourth-order valence-corrected chi connectivity index (χ4v) is 2.69. The van der Waals surface area contributed by atoms with Crippen LogP contribution in [-0.2, 0) is 16.5 Å². The lowest BCUT2D eigenvalue weighted by Gasteiger charge is -2.13. The summed E-state index contributed by atoms with van der Waals surface area (Å²) in [7, 11) is -6.09. The smallest absolute Gasteiger partial charge is 0.485 e.